The van der Waals surface area contributed by atoms with Crippen molar-refractivity contribution in [2.24, 2.45) is 5.92 Å². The number of carbonyl (C=O) groups is 1. The maximum Gasteiger partial charge on any atom is 0.410 e. The summed E-state index contributed by atoms with van der Waals surface area (Å²) in [6.07, 6.45) is 4.19. The zero-order valence-corrected chi connectivity index (χ0v) is 14.9. The van der Waals surface area contributed by atoms with Crippen LogP contribution in [0.3, 0.4) is 0 Å². The van der Waals surface area contributed by atoms with Gasteiger partial charge in [0.2, 0.25) is 0 Å². The highest BCUT2D eigenvalue weighted by Gasteiger charge is 2.24. The molecule has 0 aliphatic heterocycles. The van der Waals surface area contributed by atoms with Gasteiger partial charge in [-0.25, -0.2) is 4.79 Å². The molecule has 1 aliphatic rings. The van der Waals surface area contributed by atoms with E-state index in [1.807, 2.05) is 20.8 Å². The molecule has 5 heteroatoms. The summed E-state index contributed by atoms with van der Waals surface area (Å²) in [5.74, 6) is 0.695. The summed E-state index contributed by atoms with van der Waals surface area (Å²) in [6, 6.07) is 0.542. The van der Waals surface area contributed by atoms with Crippen LogP contribution in [0.2, 0.25) is 0 Å². The molecule has 1 aliphatic carbocycles. The van der Waals surface area contributed by atoms with Crippen LogP contribution in [0, 0.1) is 5.92 Å². The van der Waals surface area contributed by atoms with Crippen molar-refractivity contribution in [1.29, 1.82) is 0 Å². The Morgan fingerprint density at radius 3 is 2.55 bits per heavy atom. The van der Waals surface area contributed by atoms with Gasteiger partial charge in [0.05, 0.1) is 6.10 Å². The Bertz CT molecular complexity index is 339. The minimum absolute atomic E-state index is 0.302. The number of nitrogens with zero attached hydrogens (tertiary/aromatic N) is 1. The molecule has 22 heavy (non-hydrogen) atoms. The van der Waals surface area contributed by atoms with Crippen LogP contribution in [0.4, 0.5) is 4.79 Å². The van der Waals surface area contributed by atoms with E-state index in [0.29, 0.717) is 25.0 Å². The Morgan fingerprint density at radius 1 is 1.36 bits per heavy atom. The lowest BCUT2D eigenvalue weighted by molar-refractivity contribution is 0.0161. The van der Waals surface area contributed by atoms with Crippen molar-refractivity contribution in [2.75, 3.05) is 19.6 Å². The zero-order valence-electron chi connectivity index (χ0n) is 14.9. The van der Waals surface area contributed by atoms with Crippen LogP contribution in [-0.4, -0.2) is 53.5 Å². The molecule has 0 saturated heterocycles. The standard InChI is InChI=1S/C17H34N2O3/c1-13-8-6-7-9-15(13)18-10-11-19(12-14(2)20)16(21)22-17(3,4)5/h13-15,18,20H,6-12H2,1-5H3. The number of aliphatic hydroxyl groups excluding tert-OH is 1. The third kappa shape index (κ3) is 7.45. The van der Waals surface area contributed by atoms with Crippen LogP contribution in [0.5, 0.6) is 0 Å². The molecule has 0 aromatic heterocycles. The molecule has 0 heterocycles. The summed E-state index contributed by atoms with van der Waals surface area (Å²) < 4.78 is 5.41. The maximum absolute atomic E-state index is 12.2. The highest BCUT2D eigenvalue weighted by molar-refractivity contribution is 5.68. The number of hydrogen-bond acceptors (Lipinski definition) is 4. The van der Waals surface area contributed by atoms with Crippen molar-refractivity contribution in [3.63, 3.8) is 0 Å². The van der Waals surface area contributed by atoms with Crippen molar-refractivity contribution in [2.45, 2.75) is 78.0 Å². The van der Waals surface area contributed by atoms with Crippen molar-refractivity contribution in [3.05, 3.63) is 0 Å². The highest BCUT2D eigenvalue weighted by Crippen LogP contribution is 2.23. The number of amides is 1. The summed E-state index contributed by atoms with van der Waals surface area (Å²) in [6.45, 7) is 11.1. The van der Waals surface area contributed by atoms with Crippen LogP contribution in [0.15, 0.2) is 0 Å². The second-order valence-electron chi connectivity index (χ2n) is 7.60. The molecule has 0 spiro atoms. The number of ether oxygens (including phenoxy) is 1. The topological polar surface area (TPSA) is 61.8 Å². The molecule has 130 valence electrons. The SMILES string of the molecule is CC(O)CN(CCNC1CCCCC1C)C(=O)OC(C)(C)C. The van der Waals surface area contributed by atoms with Gasteiger partial charge in [-0.15, -0.1) is 0 Å². The fourth-order valence-electron chi connectivity index (χ4n) is 2.91. The zero-order chi connectivity index (χ0) is 16.8. The first-order valence-electron chi connectivity index (χ1n) is 8.58. The smallest absolute Gasteiger partial charge is 0.410 e. The van der Waals surface area contributed by atoms with Crippen LogP contribution in [-0.2, 0) is 4.74 Å². The van der Waals surface area contributed by atoms with Crippen LogP contribution >= 0.6 is 0 Å². The monoisotopic (exact) mass is 314 g/mol. The van der Waals surface area contributed by atoms with E-state index in [2.05, 4.69) is 12.2 Å². The molecule has 0 aromatic rings. The minimum Gasteiger partial charge on any atom is -0.444 e. The Morgan fingerprint density at radius 2 is 2.00 bits per heavy atom. The number of hydrogen-bond donors (Lipinski definition) is 2. The van der Waals surface area contributed by atoms with Gasteiger partial charge in [-0.05, 0) is 46.5 Å². The summed E-state index contributed by atoms with van der Waals surface area (Å²) in [4.78, 5) is 13.8. The van der Waals surface area contributed by atoms with Gasteiger partial charge >= 0.3 is 6.09 Å². The summed E-state index contributed by atoms with van der Waals surface area (Å²) in [5.41, 5.74) is -0.515. The Labute approximate surface area is 135 Å². The number of nitrogens with one attached hydrogen (secondary N) is 1. The molecule has 3 unspecified atom stereocenters. The molecule has 1 saturated carbocycles. The Kier molecular flexibility index (Phi) is 7.63. The molecule has 1 rings (SSSR count). The average molecular weight is 314 g/mol. The van der Waals surface area contributed by atoms with Gasteiger partial charge in [-0.3, -0.25) is 0 Å². The van der Waals surface area contributed by atoms with Crippen LogP contribution < -0.4 is 5.32 Å². The third-order valence-electron chi connectivity index (χ3n) is 4.04. The van der Waals surface area contributed by atoms with Gasteiger partial charge < -0.3 is 20.1 Å². The maximum atomic E-state index is 12.2. The van der Waals surface area contributed by atoms with E-state index < -0.39 is 11.7 Å². The number of rotatable bonds is 6. The van der Waals surface area contributed by atoms with E-state index in [9.17, 15) is 9.90 Å². The van der Waals surface area contributed by atoms with E-state index in [1.54, 1.807) is 11.8 Å². The van der Waals surface area contributed by atoms with Gasteiger partial charge in [0.15, 0.2) is 0 Å². The summed E-state index contributed by atoms with van der Waals surface area (Å²) in [5, 5.41) is 13.2. The van der Waals surface area contributed by atoms with Gasteiger partial charge in [0, 0.05) is 25.7 Å². The van der Waals surface area contributed by atoms with E-state index in [1.165, 1.54) is 25.7 Å². The molecular weight excluding hydrogens is 280 g/mol. The molecule has 1 fully saturated rings. The van der Waals surface area contributed by atoms with Gasteiger partial charge in [-0.1, -0.05) is 19.8 Å². The summed E-state index contributed by atoms with van der Waals surface area (Å²) in [7, 11) is 0. The molecule has 0 bridgehead atoms. The Hall–Kier alpha value is -0.810. The van der Waals surface area contributed by atoms with Gasteiger partial charge in [-0.2, -0.15) is 0 Å². The lowest BCUT2D eigenvalue weighted by atomic mass is 9.86. The lowest BCUT2D eigenvalue weighted by Gasteiger charge is -2.32. The molecule has 3 atom stereocenters. The molecule has 1 amide bonds. The first kappa shape index (κ1) is 19.2. The highest BCUT2D eigenvalue weighted by atomic mass is 16.6. The Balaban J connectivity index is 2.45. The van der Waals surface area contributed by atoms with E-state index in [0.717, 1.165) is 6.54 Å². The van der Waals surface area contributed by atoms with Gasteiger partial charge in [0.25, 0.3) is 0 Å². The van der Waals surface area contributed by atoms with Crippen molar-refractivity contribution < 1.29 is 14.6 Å². The molecular formula is C17H34N2O3. The predicted molar refractivity (Wildman–Crippen MR) is 88.9 cm³/mol. The molecule has 0 aromatic carbocycles. The lowest BCUT2D eigenvalue weighted by Crippen LogP contribution is -2.46. The minimum atomic E-state index is -0.555. The van der Waals surface area contributed by atoms with E-state index in [4.69, 9.17) is 4.74 Å². The summed E-state index contributed by atoms with van der Waals surface area (Å²) >= 11 is 0. The quantitative estimate of drug-likeness (QED) is 0.791. The molecule has 0 radical (unpaired) electrons. The van der Waals surface area contributed by atoms with Crippen molar-refractivity contribution >= 4 is 6.09 Å². The average Bonchev–Trinajstić information content (AvgIpc) is 2.37. The fourth-order valence-corrected chi connectivity index (χ4v) is 2.91. The second kappa shape index (κ2) is 8.73. The molecule has 5 nitrogen and oxygen atoms in total. The third-order valence-corrected chi connectivity index (χ3v) is 4.04. The number of carbonyl (C=O) groups excluding carboxylic acids is 1. The van der Waals surface area contributed by atoms with Crippen molar-refractivity contribution in [3.8, 4) is 0 Å². The fraction of sp³-hybridized carbons (Fsp3) is 0.941. The van der Waals surface area contributed by atoms with E-state index in [-0.39, 0.29) is 6.09 Å². The van der Waals surface area contributed by atoms with E-state index >= 15 is 0 Å². The van der Waals surface area contributed by atoms with Crippen LogP contribution in [0.1, 0.15) is 60.3 Å². The first-order valence-corrected chi connectivity index (χ1v) is 8.58. The predicted octanol–water partition coefficient (Wildman–Crippen LogP) is 2.77. The second-order valence-corrected chi connectivity index (χ2v) is 7.60. The normalized spacial score (nSPS) is 23.9. The molecule has 2 N–H and O–H groups in total. The van der Waals surface area contributed by atoms with Crippen LogP contribution in [0.25, 0.3) is 0 Å². The van der Waals surface area contributed by atoms with Crippen molar-refractivity contribution in [1.82, 2.24) is 10.2 Å². The largest absolute Gasteiger partial charge is 0.444 e. The van der Waals surface area contributed by atoms with Gasteiger partial charge in [0.1, 0.15) is 5.60 Å². The first-order chi connectivity index (χ1) is 10.2. The number of aliphatic hydroxyl groups is 1.